The van der Waals surface area contributed by atoms with Crippen molar-refractivity contribution in [1.82, 2.24) is 30.3 Å². The fourth-order valence-corrected chi connectivity index (χ4v) is 3.20. The van der Waals surface area contributed by atoms with Crippen LogP contribution in [-0.2, 0) is 0 Å². The molecule has 1 aliphatic rings. The molecule has 27 heavy (non-hydrogen) atoms. The van der Waals surface area contributed by atoms with E-state index in [0.29, 0.717) is 23.2 Å². The van der Waals surface area contributed by atoms with Gasteiger partial charge in [0.25, 0.3) is 5.91 Å². The predicted octanol–water partition coefficient (Wildman–Crippen LogP) is 2.22. The van der Waals surface area contributed by atoms with Gasteiger partial charge in [-0.2, -0.15) is 0 Å². The van der Waals surface area contributed by atoms with Gasteiger partial charge in [0, 0.05) is 17.4 Å². The Bertz CT molecular complexity index is 946. The van der Waals surface area contributed by atoms with E-state index in [9.17, 15) is 4.79 Å². The maximum atomic E-state index is 12.5. The maximum Gasteiger partial charge on any atom is 0.277 e. The van der Waals surface area contributed by atoms with Crippen molar-refractivity contribution in [3.8, 4) is 11.3 Å². The molecule has 0 spiro atoms. The van der Waals surface area contributed by atoms with Crippen LogP contribution >= 0.6 is 0 Å². The van der Waals surface area contributed by atoms with Gasteiger partial charge < -0.3 is 10.6 Å². The van der Waals surface area contributed by atoms with E-state index in [2.05, 4.69) is 30.9 Å². The van der Waals surface area contributed by atoms with Crippen LogP contribution in [0.15, 0.2) is 42.7 Å². The summed E-state index contributed by atoms with van der Waals surface area (Å²) >= 11 is 0. The topological polar surface area (TPSA) is 97.6 Å². The second-order valence-electron chi connectivity index (χ2n) is 6.59. The highest BCUT2D eigenvalue weighted by Gasteiger charge is 2.19. The number of aryl methyl sites for hydroxylation is 1. The molecule has 1 amide bonds. The van der Waals surface area contributed by atoms with E-state index < -0.39 is 0 Å². The zero-order valence-electron chi connectivity index (χ0n) is 15.1. The third-order valence-corrected chi connectivity index (χ3v) is 4.62. The lowest BCUT2D eigenvalue weighted by molar-refractivity contribution is 0.102. The Balaban J connectivity index is 1.48. The van der Waals surface area contributed by atoms with Gasteiger partial charge in [-0.25, -0.2) is 14.6 Å². The third-order valence-electron chi connectivity index (χ3n) is 4.62. The molecule has 0 unspecified atom stereocenters. The number of carbonyl (C=O) groups is 1. The van der Waals surface area contributed by atoms with Crippen molar-refractivity contribution in [2.45, 2.75) is 25.8 Å². The molecule has 2 N–H and O–H groups in total. The number of rotatable bonds is 4. The van der Waals surface area contributed by atoms with Crippen LogP contribution in [0.2, 0.25) is 0 Å². The Morgan fingerprint density at radius 3 is 2.93 bits per heavy atom. The summed E-state index contributed by atoms with van der Waals surface area (Å²) in [6, 6.07) is 9.70. The minimum absolute atomic E-state index is 0.272. The zero-order chi connectivity index (χ0) is 18.6. The van der Waals surface area contributed by atoms with Gasteiger partial charge in [0.1, 0.15) is 5.82 Å². The molecule has 1 aromatic carbocycles. The van der Waals surface area contributed by atoms with E-state index in [1.54, 1.807) is 17.1 Å². The lowest BCUT2D eigenvalue weighted by Crippen LogP contribution is -2.29. The van der Waals surface area contributed by atoms with Crippen LogP contribution in [0.25, 0.3) is 11.3 Å². The fourth-order valence-electron chi connectivity index (χ4n) is 3.20. The lowest BCUT2D eigenvalue weighted by atomic mass is 10.1. The van der Waals surface area contributed by atoms with Gasteiger partial charge in [-0.1, -0.05) is 17.3 Å². The summed E-state index contributed by atoms with van der Waals surface area (Å²) in [7, 11) is 0. The molecule has 0 bridgehead atoms. The first-order valence-electron chi connectivity index (χ1n) is 9.03. The van der Waals surface area contributed by atoms with E-state index >= 15 is 0 Å². The molecule has 0 radical (unpaired) electrons. The number of hydrogen-bond acceptors (Lipinski definition) is 6. The highest BCUT2D eigenvalue weighted by molar-refractivity contribution is 6.02. The lowest BCUT2D eigenvalue weighted by Gasteiger charge is -2.22. The van der Waals surface area contributed by atoms with Gasteiger partial charge in [0.05, 0.1) is 17.9 Å². The summed E-state index contributed by atoms with van der Waals surface area (Å²) in [4.78, 5) is 21.1. The monoisotopic (exact) mass is 363 g/mol. The quantitative estimate of drug-likeness (QED) is 0.738. The number of benzene rings is 1. The van der Waals surface area contributed by atoms with Crippen molar-refractivity contribution in [1.29, 1.82) is 0 Å². The average Bonchev–Trinajstić information content (AvgIpc) is 3.19. The van der Waals surface area contributed by atoms with Gasteiger partial charge in [-0.3, -0.25) is 4.79 Å². The number of aromatic nitrogens is 5. The van der Waals surface area contributed by atoms with Crippen LogP contribution in [0.3, 0.4) is 0 Å². The van der Waals surface area contributed by atoms with Crippen molar-refractivity contribution in [2.24, 2.45) is 0 Å². The van der Waals surface area contributed by atoms with Crippen molar-refractivity contribution >= 4 is 11.6 Å². The Morgan fingerprint density at radius 2 is 2.11 bits per heavy atom. The maximum absolute atomic E-state index is 12.5. The molecule has 3 heterocycles. The van der Waals surface area contributed by atoms with Gasteiger partial charge >= 0.3 is 0 Å². The molecule has 1 aliphatic heterocycles. The summed E-state index contributed by atoms with van der Waals surface area (Å²) in [6.45, 7) is 3.77. The fraction of sp³-hybridized carbons (Fsp3) is 0.316. The number of nitrogens with one attached hydrogen (secondary N) is 2. The highest BCUT2D eigenvalue weighted by atomic mass is 16.2. The van der Waals surface area contributed by atoms with E-state index in [1.807, 2.05) is 37.3 Å². The van der Waals surface area contributed by atoms with Crippen LogP contribution in [0.5, 0.6) is 0 Å². The van der Waals surface area contributed by atoms with Gasteiger partial charge in [0.2, 0.25) is 0 Å². The molecular formula is C19H21N7O. The standard InChI is InChI=1S/C19H21N7O/c1-13-21-10-7-17(22-13)14-3-2-4-15(11-14)23-19(27)18-12-26(25-24-18)16-5-8-20-9-6-16/h2-4,7,10-12,16,20H,5-6,8-9H2,1H3,(H,23,27). The molecule has 2 aromatic heterocycles. The Labute approximate surface area is 157 Å². The van der Waals surface area contributed by atoms with Crippen LogP contribution in [0, 0.1) is 6.92 Å². The molecule has 8 heteroatoms. The molecule has 0 atom stereocenters. The normalized spacial score (nSPS) is 14.9. The minimum atomic E-state index is -0.272. The number of nitrogens with zero attached hydrogens (tertiary/aromatic N) is 5. The van der Waals surface area contributed by atoms with Gasteiger partial charge in [-0.05, 0) is 51.1 Å². The summed E-state index contributed by atoms with van der Waals surface area (Å²) in [5.74, 6) is 0.433. The molecule has 3 aromatic rings. The average molecular weight is 363 g/mol. The largest absolute Gasteiger partial charge is 0.321 e. The van der Waals surface area contributed by atoms with Crippen LogP contribution in [-0.4, -0.2) is 44.0 Å². The van der Waals surface area contributed by atoms with Crippen LogP contribution in [0.1, 0.15) is 35.2 Å². The van der Waals surface area contributed by atoms with Crippen LogP contribution < -0.4 is 10.6 Å². The molecule has 0 aliphatic carbocycles. The van der Waals surface area contributed by atoms with Gasteiger partial charge in [0.15, 0.2) is 5.69 Å². The molecule has 1 fully saturated rings. The predicted molar refractivity (Wildman–Crippen MR) is 101 cm³/mol. The van der Waals surface area contributed by atoms with E-state index in [4.69, 9.17) is 0 Å². The third kappa shape index (κ3) is 4.01. The van der Waals surface area contributed by atoms with E-state index in [-0.39, 0.29) is 5.91 Å². The second kappa shape index (κ2) is 7.63. The highest BCUT2D eigenvalue weighted by Crippen LogP contribution is 2.21. The summed E-state index contributed by atoms with van der Waals surface area (Å²) < 4.78 is 1.80. The van der Waals surface area contributed by atoms with Crippen LogP contribution in [0.4, 0.5) is 5.69 Å². The molecule has 138 valence electrons. The van der Waals surface area contributed by atoms with Crippen molar-refractivity contribution < 1.29 is 4.79 Å². The smallest absolute Gasteiger partial charge is 0.277 e. The molecule has 1 saturated heterocycles. The summed E-state index contributed by atoms with van der Waals surface area (Å²) in [5.41, 5.74) is 2.73. The number of hydrogen-bond donors (Lipinski definition) is 2. The number of carbonyl (C=O) groups excluding carboxylic acids is 1. The number of piperidine rings is 1. The Kier molecular flexibility index (Phi) is 4.88. The Hall–Kier alpha value is -3.13. The molecule has 0 saturated carbocycles. The number of amides is 1. The van der Waals surface area contributed by atoms with E-state index in [1.165, 1.54) is 0 Å². The number of anilines is 1. The van der Waals surface area contributed by atoms with E-state index in [0.717, 1.165) is 37.2 Å². The van der Waals surface area contributed by atoms with Crippen molar-refractivity contribution in [3.05, 3.63) is 54.2 Å². The zero-order valence-corrected chi connectivity index (χ0v) is 15.1. The Morgan fingerprint density at radius 1 is 1.26 bits per heavy atom. The second-order valence-corrected chi connectivity index (χ2v) is 6.59. The van der Waals surface area contributed by atoms with Gasteiger partial charge in [-0.15, -0.1) is 5.10 Å². The summed E-state index contributed by atoms with van der Waals surface area (Å²) in [5, 5.41) is 14.4. The minimum Gasteiger partial charge on any atom is -0.321 e. The first-order valence-corrected chi connectivity index (χ1v) is 9.03. The molecule has 4 rings (SSSR count). The first kappa shape index (κ1) is 17.3. The first-order chi connectivity index (χ1) is 13.2. The SMILES string of the molecule is Cc1nccc(-c2cccc(NC(=O)c3cn(C4CCNCC4)nn3)c2)n1. The van der Waals surface area contributed by atoms with Crippen molar-refractivity contribution in [3.63, 3.8) is 0 Å². The molecular weight excluding hydrogens is 342 g/mol. The summed E-state index contributed by atoms with van der Waals surface area (Å²) in [6.07, 6.45) is 5.43. The van der Waals surface area contributed by atoms with Crippen molar-refractivity contribution in [2.75, 3.05) is 18.4 Å². The molecule has 8 nitrogen and oxygen atoms in total.